The van der Waals surface area contributed by atoms with E-state index in [4.69, 9.17) is 0 Å². The zero-order valence-corrected chi connectivity index (χ0v) is 8.97. The molecular weight excluding hydrogens is 160 g/mol. The number of aliphatic hydroxyl groups is 1. The summed E-state index contributed by atoms with van der Waals surface area (Å²) in [6, 6.07) is 0. The second kappa shape index (κ2) is 3.83. The Morgan fingerprint density at radius 3 is 2.54 bits per heavy atom. The lowest BCUT2D eigenvalue weighted by atomic mass is 9.73. The van der Waals surface area contributed by atoms with Gasteiger partial charge in [-0.2, -0.15) is 0 Å². The maximum absolute atomic E-state index is 10.2. The summed E-state index contributed by atoms with van der Waals surface area (Å²) >= 11 is 0. The molecule has 1 rings (SSSR count). The van der Waals surface area contributed by atoms with Gasteiger partial charge < -0.3 is 5.11 Å². The molecule has 1 saturated carbocycles. The van der Waals surface area contributed by atoms with Crippen molar-refractivity contribution in [3.63, 3.8) is 0 Å². The topological polar surface area (TPSA) is 20.2 Å². The molecule has 2 atom stereocenters. The first-order valence-electron chi connectivity index (χ1n) is 5.35. The Morgan fingerprint density at radius 1 is 1.38 bits per heavy atom. The van der Waals surface area contributed by atoms with Gasteiger partial charge in [-0.3, -0.25) is 0 Å². The van der Waals surface area contributed by atoms with E-state index in [0.717, 1.165) is 25.7 Å². The standard InChI is InChI=1S/C12H22O/c1-4-5-6-8-11(2)9-7-10-12(11,3)13/h4,13H,1,5-10H2,2-3H3. The lowest BCUT2D eigenvalue weighted by Crippen LogP contribution is -2.38. The Balaban J connectivity index is 2.49. The Morgan fingerprint density at radius 2 is 2.08 bits per heavy atom. The molecule has 1 heteroatoms. The van der Waals surface area contributed by atoms with Gasteiger partial charge in [-0.15, -0.1) is 6.58 Å². The van der Waals surface area contributed by atoms with Crippen LogP contribution >= 0.6 is 0 Å². The fourth-order valence-corrected chi connectivity index (χ4v) is 2.42. The highest BCUT2D eigenvalue weighted by Gasteiger charge is 2.46. The molecule has 0 saturated heterocycles. The van der Waals surface area contributed by atoms with Crippen LogP contribution in [0.4, 0.5) is 0 Å². The molecule has 0 aromatic carbocycles. The summed E-state index contributed by atoms with van der Waals surface area (Å²) in [5.74, 6) is 0. The lowest BCUT2D eigenvalue weighted by Gasteiger charge is -2.37. The maximum atomic E-state index is 10.2. The quantitative estimate of drug-likeness (QED) is 0.522. The van der Waals surface area contributed by atoms with E-state index in [1.54, 1.807) is 0 Å². The van der Waals surface area contributed by atoms with Crippen molar-refractivity contribution in [3.05, 3.63) is 12.7 Å². The average Bonchev–Trinajstić information content (AvgIpc) is 2.28. The minimum absolute atomic E-state index is 0.149. The zero-order valence-electron chi connectivity index (χ0n) is 8.97. The monoisotopic (exact) mass is 182 g/mol. The molecule has 0 aromatic heterocycles. The lowest BCUT2D eigenvalue weighted by molar-refractivity contribution is -0.0408. The molecule has 1 N–H and O–H groups in total. The molecular formula is C12H22O. The second-order valence-electron chi connectivity index (χ2n) is 4.87. The highest BCUT2D eigenvalue weighted by molar-refractivity contribution is 4.98. The molecule has 1 fully saturated rings. The van der Waals surface area contributed by atoms with E-state index < -0.39 is 5.60 Å². The van der Waals surface area contributed by atoms with E-state index in [0.29, 0.717) is 0 Å². The van der Waals surface area contributed by atoms with Gasteiger partial charge in [-0.25, -0.2) is 0 Å². The van der Waals surface area contributed by atoms with Gasteiger partial charge in [0.15, 0.2) is 0 Å². The third-order valence-electron chi connectivity index (χ3n) is 3.83. The summed E-state index contributed by atoms with van der Waals surface area (Å²) in [6.45, 7) is 7.94. The fraction of sp³-hybridized carbons (Fsp3) is 0.833. The minimum atomic E-state index is -0.436. The molecule has 2 unspecified atom stereocenters. The summed E-state index contributed by atoms with van der Waals surface area (Å²) in [7, 11) is 0. The number of rotatable bonds is 4. The van der Waals surface area contributed by atoms with Crippen LogP contribution in [-0.2, 0) is 0 Å². The van der Waals surface area contributed by atoms with Crippen molar-refractivity contribution in [2.24, 2.45) is 5.41 Å². The van der Waals surface area contributed by atoms with Gasteiger partial charge in [0.05, 0.1) is 5.60 Å². The van der Waals surface area contributed by atoms with Crippen LogP contribution in [-0.4, -0.2) is 10.7 Å². The molecule has 1 aliphatic rings. The van der Waals surface area contributed by atoms with Gasteiger partial charge in [-0.1, -0.05) is 13.0 Å². The second-order valence-corrected chi connectivity index (χ2v) is 4.87. The smallest absolute Gasteiger partial charge is 0.0673 e. The predicted molar refractivity (Wildman–Crippen MR) is 56.6 cm³/mol. The Kier molecular flexibility index (Phi) is 3.18. The van der Waals surface area contributed by atoms with Crippen molar-refractivity contribution >= 4 is 0 Å². The number of unbranched alkanes of at least 4 members (excludes halogenated alkanes) is 1. The average molecular weight is 182 g/mol. The van der Waals surface area contributed by atoms with Gasteiger partial charge in [0.1, 0.15) is 0 Å². The molecule has 0 aromatic rings. The summed E-state index contributed by atoms with van der Waals surface area (Å²) in [4.78, 5) is 0. The van der Waals surface area contributed by atoms with Crippen LogP contribution in [0.2, 0.25) is 0 Å². The SMILES string of the molecule is C=CCCCC1(C)CCCC1(C)O. The first-order valence-corrected chi connectivity index (χ1v) is 5.35. The van der Waals surface area contributed by atoms with E-state index >= 15 is 0 Å². The molecule has 76 valence electrons. The van der Waals surface area contributed by atoms with Crippen LogP contribution in [0.5, 0.6) is 0 Å². The molecule has 0 spiro atoms. The number of hydrogen-bond donors (Lipinski definition) is 1. The molecule has 0 amide bonds. The number of hydrogen-bond acceptors (Lipinski definition) is 1. The molecule has 0 aliphatic heterocycles. The van der Waals surface area contributed by atoms with E-state index in [1.165, 1.54) is 12.8 Å². The maximum Gasteiger partial charge on any atom is 0.0673 e. The van der Waals surface area contributed by atoms with Crippen LogP contribution < -0.4 is 0 Å². The van der Waals surface area contributed by atoms with Crippen molar-refractivity contribution in [3.8, 4) is 0 Å². The Bertz CT molecular complexity index is 184. The third-order valence-corrected chi connectivity index (χ3v) is 3.83. The zero-order chi connectivity index (χ0) is 9.95. The van der Waals surface area contributed by atoms with Crippen LogP contribution in [0, 0.1) is 5.41 Å². The van der Waals surface area contributed by atoms with Crippen LogP contribution in [0.15, 0.2) is 12.7 Å². The van der Waals surface area contributed by atoms with Gasteiger partial charge in [-0.05, 0) is 50.9 Å². The normalized spacial score (nSPS) is 39.3. The van der Waals surface area contributed by atoms with Gasteiger partial charge in [0.2, 0.25) is 0 Å². The van der Waals surface area contributed by atoms with Crippen molar-refractivity contribution < 1.29 is 5.11 Å². The molecule has 1 aliphatic carbocycles. The Hall–Kier alpha value is -0.300. The van der Waals surface area contributed by atoms with E-state index in [9.17, 15) is 5.11 Å². The molecule has 0 heterocycles. The van der Waals surface area contributed by atoms with Crippen molar-refractivity contribution in [1.82, 2.24) is 0 Å². The minimum Gasteiger partial charge on any atom is -0.390 e. The van der Waals surface area contributed by atoms with Crippen molar-refractivity contribution in [1.29, 1.82) is 0 Å². The highest BCUT2D eigenvalue weighted by Crippen LogP contribution is 2.49. The summed E-state index contributed by atoms with van der Waals surface area (Å²) in [5, 5.41) is 10.2. The largest absolute Gasteiger partial charge is 0.390 e. The summed E-state index contributed by atoms with van der Waals surface area (Å²) < 4.78 is 0. The Labute approximate surface area is 81.9 Å². The predicted octanol–water partition coefficient (Wildman–Crippen LogP) is 3.28. The van der Waals surface area contributed by atoms with E-state index in [1.807, 2.05) is 13.0 Å². The van der Waals surface area contributed by atoms with Gasteiger partial charge >= 0.3 is 0 Å². The van der Waals surface area contributed by atoms with Crippen LogP contribution in [0.3, 0.4) is 0 Å². The molecule has 13 heavy (non-hydrogen) atoms. The highest BCUT2D eigenvalue weighted by atomic mass is 16.3. The molecule has 0 radical (unpaired) electrons. The van der Waals surface area contributed by atoms with E-state index in [-0.39, 0.29) is 5.41 Å². The fourth-order valence-electron chi connectivity index (χ4n) is 2.42. The third kappa shape index (κ3) is 2.14. The summed E-state index contributed by atoms with van der Waals surface area (Å²) in [5.41, 5.74) is -0.288. The van der Waals surface area contributed by atoms with Crippen LogP contribution in [0.1, 0.15) is 52.4 Å². The first-order chi connectivity index (χ1) is 6.02. The van der Waals surface area contributed by atoms with E-state index in [2.05, 4.69) is 13.5 Å². The van der Waals surface area contributed by atoms with Crippen molar-refractivity contribution in [2.45, 2.75) is 58.0 Å². The molecule has 0 bridgehead atoms. The molecule has 1 nitrogen and oxygen atoms in total. The van der Waals surface area contributed by atoms with Crippen molar-refractivity contribution in [2.75, 3.05) is 0 Å². The number of allylic oxidation sites excluding steroid dienone is 1. The van der Waals surface area contributed by atoms with Gasteiger partial charge in [0, 0.05) is 0 Å². The summed E-state index contributed by atoms with van der Waals surface area (Å²) in [6.07, 6.45) is 8.66. The van der Waals surface area contributed by atoms with Gasteiger partial charge in [0.25, 0.3) is 0 Å². The first kappa shape index (κ1) is 10.8. The van der Waals surface area contributed by atoms with Crippen LogP contribution in [0.25, 0.3) is 0 Å².